The van der Waals surface area contributed by atoms with Gasteiger partial charge in [0, 0.05) is 13.0 Å². The summed E-state index contributed by atoms with van der Waals surface area (Å²) in [6.07, 6.45) is 4.85. The third kappa shape index (κ3) is 3.39. The topological polar surface area (TPSA) is 73.2 Å². The minimum atomic E-state index is -0.157. The van der Waals surface area contributed by atoms with E-state index in [1.807, 2.05) is 12.1 Å². The molecule has 1 aromatic heterocycles. The smallest absolute Gasteiger partial charge is 0.261 e. The van der Waals surface area contributed by atoms with Crippen LogP contribution in [0.4, 0.5) is 0 Å². The second kappa shape index (κ2) is 7.35. The quantitative estimate of drug-likeness (QED) is 0.745. The van der Waals surface area contributed by atoms with Crippen molar-refractivity contribution in [1.29, 1.82) is 0 Å². The number of carbonyl (C=O) groups excluding carboxylic acids is 1. The molecule has 1 aliphatic carbocycles. The van der Waals surface area contributed by atoms with E-state index in [0.717, 1.165) is 37.9 Å². The van der Waals surface area contributed by atoms with Crippen LogP contribution < -0.4 is 15.6 Å². The molecule has 0 radical (unpaired) electrons. The van der Waals surface area contributed by atoms with E-state index in [0.29, 0.717) is 23.2 Å². The molecule has 2 heterocycles. The highest BCUT2D eigenvalue weighted by molar-refractivity contribution is 5.80. The molecule has 5 rings (SSSR count). The fourth-order valence-corrected chi connectivity index (χ4v) is 4.44. The molecule has 3 aromatic rings. The van der Waals surface area contributed by atoms with Crippen LogP contribution in [0.3, 0.4) is 0 Å². The number of amides is 1. The molecular formula is C23H23N3O3. The summed E-state index contributed by atoms with van der Waals surface area (Å²) in [7, 11) is 0. The SMILES string of the molecule is O=C(COc1ccc2nc3n(c(=O)c2c1)CCC3)NC1CCCc2ccccc21. The lowest BCUT2D eigenvalue weighted by Gasteiger charge is -2.26. The molecule has 2 aromatic carbocycles. The van der Waals surface area contributed by atoms with Gasteiger partial charge in [-0.15, -0.1) is 0 Å². The first-order chi connectivity index (χ1) is 14.2. The maximum atomic E-state index is 12.7. The summed E-state index contributed by atoms with van der Waals surface area (Å²) in [5, 5.41) is 3.62. The first kappa shape index (κ1) is 17.9. The lowest BCUT2D eigenvalue weighted by Crippen LogP contribution is -2.34. The van der Waals surface area contributed by atoms with E-state index in [-0.39, 0.29) is 24.1 Å². The fourth-order valence-electron chi connectivity index (χ4n) is 4.44. The fraction of sp³-hybridized carbons (Fsp3) is 0.348. The number of nitrogens with zero attached hydrogens (tertiary/aromatic N) is 2. The Kier molecular flexibility index (Phi) is 4.54. The number of rotatable bonds is 4. The third-order valence-electron chi connectivity index (χ3n) is 5.86. The zero-order valence-electron chi connectivity index (χ0n) is 16.2. The van der Waals surface area contributed by atoms with Crippen molar-refractivity contribution in [2.24, 2.45) is 0 Å². The summed E-state index contributed by atoms with van der Waals surface area (Å²) in [5.41, 5.74) is 3.15. The van der Waals surface area contributed by atoms with Crippen LogP contribution >= 0.6 is 0 Å². The highest BCUT2D eigenvalue weighted by atomic mass is 16.5. The standard InChI is InChI=1S/C23H23N3O3/c27-22(25-19-8-3-6-15-5-1-2-7-17(15)19)14-29-16-10-11-20-18(13-16)23(28)26-12-4-9-21(26)24-20/h1-2,5,7,10-11,13,19H,3-4,6,8-9,12,14H2,(H,25,27). The highest BCUT2D eigenvalue weighted by Gasteiger charge is 2.21. The van der Waals surface area contributed by atoms with Gasteiger partial charge in [0.25, 0.3) is 11.5 Å². The van der Waals surface area contributed by atoms with Crippen molar-refractivity contribution in [3.05, 3.63) is 69.8 Å². The van der Waals surface area contributed by atoms with E-state index in [1.165, 1.54) is 11.1 Å². The van der Waals surface area contributed by atoms with Crippen molar-refractivity contribution < 1.29 is 9.53 Å². The molecule has 1 unspecified atom stereocenters. The number of aromatic nitrogens is 2. The molecule has 1 N–H and O–H groups in total. The van der Waals surface area contributed by atoms with E-state index in [1.54, 1.807) is 22.8 Å². The van der Waals surface area contributed by atoms with Gasteiger partial charge < -0.3 is 10.1 Å². The van der Waals surface area contributed by atoms with Gasteiger partial charge in [0.05, 0.1) is 16.9 Å². The molecule has 2 aliphatic rings. The van der Waals surface area contributed by atoms with Gasteiger partial charge in [0.15, 0.2) is 6.61 Å². The number of carbonyl (C=O) groups is 1. The van der Waals surface area contributed by atoms with Crippen molar-refractivity contribution in [2.45, 2.75) is 44.7 Å². The Morgan fingerprint density at radius 3 is 3.00 bits per heavy atom. The van der Waals surface area contributed by atoms with Gasteiger partial charge >= 0.3 is 0 Å². The van der Waals surface area contributed by atoms with Crippen LogP contribution in [0.1, 0.15) is 42.3 Å². The molecule has 1 atom stereocenters. The summed E-state index contributed by atoms with van der Waals surface area (Å²) in [5.74, 6) is 1.20. The monoisotopic (exact) mass is 389 g/mol. The number of nitrogens with one attached hydrogen (secondary N) is 1. The van der Waals surface area contributed by atoms with E-state index < -0.39 is 0 Å². The zero-order valence-corrected chi connectivity index (χ0v) is 16.2. The minimum absolute atomic E-state index is 0.0313. The van der Waals surface area contributed by atoms with E-state index >= 15 is 0 Å². The first-order valence-electron chi connectivity index (χ1n) is 10.2. The Balaban J connectivity index is 1.29. The Morgan fingerprint density at radius 1 is 1.17 bits per heavy atom. The summed E-state index contributed by atoms with van der Waals surface area (Å²) in [4.78, 5) is 29.7. The average molecular weight is 389 g/mol. The van der Waals surface area contributed by atoms with Crippen molar-refractivity contribution >= 4 is 16.8 Å². The first-order valence-corrected chi connectivity index (χ1v) is 10.2. The summed E-state index contributed by atoms with van der Waals surface area (Å²) >= 11 is 0. The second-order valence-electron chi connectivity index (χ2n) is 7.77. The summed E-state index contributed by atoms with van der Waals surface area (Å²) in [6, 6.07) is 13.6. The number of ether oxygens (including phenoxy) is 1. The van der Waals surface area contributed by atoms with Gasteiger partial charge in [-0.1, -0.05) is 24.3 Å². The van der Waals surface area contributed by atoms with Gasteiger partial charge in [0.2, 0.25) is 0 Å². The Hall–Kier alpha value is -3.15. The molecule has 1 aliphatic heterocycles. The predicted octanol–water partition coefficient (Wildman–Crippen LogP) is 2.92. The van der Waals surface area contributed by atoms with Crippen molar-refractivity contribution in [3.63, 3.8) is 0 Å². The lowest BCUT2D eigenvalue weighted by molar-refractivity contribution is -0.123. The van der Waals surface area contributed by atoms with Crippen LogP contribution in [-0.2, 0) is 24.2 Å². The van der Waals surface area contributed by atoms with Gasteiger partial charge in [-0.25, -0.2) is 4.98 Å². The van der Waals surface area contributed by atoms with Gasteiger partial charge in [-0.3, -0.25) is 14.2 Å². The molecule has 1 amide bonds. The van der Waals surface area contributed by atoms with Gasteiger partial charge in [-0.05, 0) is 55.0 Å². The number of benzene rings is 2. The number of hydrogen-bond donors (Lipinski definition) is 1. The minimum Gasteiger partial charge on any atom is -0.484 e. The Morgan fingerprint density at radius 2 is 2.07 bits per heavy atom. The predicted molar refractivity (Wildman–Crippen MR) is 110 cm³/mol. The van der Waals surface area contributed by atoms with Crippen LogP contribution in [0.5, 0.6) is 5.75 Å². The number of hydrogen-bond acceptors (Lipinski definition) is 4. The van der Waals surface area contributed by atoms with Crippen LogP contribution in [0.2, 0.25) is 0 Å². The van der Waals surface area contributed by atoms with Crippen LogP contribution in [-0.4, -0.2) is 22.1 Å². The van der Waals surface area contributed by atoms with E-state index in [9.17, 15) is 9.59 Å². The Bertz CT molecular complexity index is 1150. The zero-order chi connectivity index (χ0) is 19.8. The van der Waals surface area contributed by atoms with Crippen molar-refractivity contribution in [1.82, 2.24) is 14.9 Å². The molecule has 0 fully saturated rings. The second-order valence-corrected chi connectivity index (χ2v) is 7.77. The normalized spacial score (nSPS) is 17.6. The van der Waals surface area contributed by atoms with Gasteiger partial charge in [-0.2, -0.15) is 0 Å². The molecule has 0 spiro atoms. The largest absolute Gasteiger partial charge is 0.484 e. The molecular weight excluding hydrogens is 366 g/mol. The van der Waals surface area contributed by atoms with E-state index in [4.69, 9.17) is 4.74 Å². The maximum absolute atomic E-state index is 12.7. The molecule has 0 saturated carbocycles. The molecule has 148 valence electrons. The van der Waals surface area contributed by atoms with Gasteiger partial charge in [0.1, 0.15) is 11.6 Å². The maximum Gasteiger partial charge on any atom is 0.261 e. The average Bonchev–Trinajstić information content (AvgIpc) is 3.22. The third-order valence-corrected chi connectivity index (χ3v) is 5.86. The number of fused-ring (bicyclic) bond motifs is 3. The van der Waals surface area contributed by atoms with Crippen LogP contribution in [0.15, 0.2) is 47.3 Å². The molecule has 6 nitrogen and oxygen atoms in total. The van der Waals surface area contributed by atoms with Crippen LogP contribution in [0.25, 0.3) is 10.9 Å². The molecule has 29 heavy (non-hydrogen) atoms. The van der Waals surface area contributed by atoms with E-state index in [2.05, 4.69) is 22.4 Å². The summed E-state index contributed by atoms with van der Waals surface area (Å²) in [6.45, 7) is 0.636. The number of aryl methyl sites for hydroxylation is 2. The Labute approximate surface area is 168 Å². The molecule has 0 saturated heterocycles. The van der Waals surface area contributed by atoms with Crippen molar-refractivity contribution in [2.75, 3.05) is 6.61 Å². The molecule has 0 bridgehead atoms. The summed E-state index contributed by atoms with van der Waals surface area (Å²) < 4.78 is 7.43. The van der Waals surface area contributed by atoms with Crippen molar-refractivity contribution in [3.8, 4) is 5.75 Å². The lowest BCUT2D eigenvalue weighted by atomic mass is 9.88. The molecule has 6 heteroatoms. The highest BCUT2D eigenvalue weighted by Crippen LogP contribution is 2.29. The van der Waals surface area contributed by atoms with Crippen LogP contribution in [0, 0.1) is 0 Å².